The summed E-state index contributed by atoms with van der Waals surface area (Å²) >= 11 is 1.89. The second kappa shape index (κ2) is 4.34. The zero-order valence-electron chi connectivity index (χ0n) is 8.92. The van der Waals surface area contributed by atoms with Crippen LogP contribution in [0.15, 0.2) is 24.3 Å². The van der Waals surface area contributed by atoms with E-state index >= 15 is 0 Å². The number of hydrogen-bond acceptors (Lipinski definition) is 1. The third kappa shape index (κ3) is 3.20. The van der Waals surface area contributed by atoms with Gasteiger partial charge >= 0.3 is 0 Å². The molecule has 2 heteroatoms. The predicted octanol–water partition coefficient (Wildman–Crippen LogP) is 3.09. The zero-order chi connectivity index (χ0) is 9.90. The summed E-state index contributed by atoms with van der Waals surface area (Å²) in [4.78, 5) is 0. The molecule has 0 bridgehead atoms. The second-order valence-electron chi connectivity index (χ2n) is 4.38. The Kier molecular flexibility index (Phi) is 3.62. The lowest BCUT2D eigenvalue weighted by Gasteiger charge is -2.17. The lowest BCUT2D eigenvalue weighted by Crippen LogP contribution is -2.37. The highest BCUT2D eigenvalue weighted by Crippen LogP contribution is 2.10. The van der Waals surface area contributed by atoms with E-state index in [9.17, 15) is 0 Å². The lowest BCUT2D eigenvalue weighted by atomic mass is 10.2. The molecular formula is C11H18SSi. The van der Waals surface area contributed by atoms with Crippen molar-refractivity contribution in [2.45, 2.75) is 25.4 Å². The van der Waals surface area contributed by atoms with Gasteiger partial charge in [-0.25, -0.2) is 0 Å². The molecule has 0 N–H and O–H groups in total. The van der Waals surface area contributed by atoms with E-state index in [4.69, 9.17) is 0 Å². The number of hydrogen-bond donors (Lipinski definition) is 0. The van der Waals surface area contributed by atoms with Gasteiger partial charge in [0.1, 0.15) is 0 Å². The van der Waals surface area contributed by atoms with Crippen LogP contribution in [0.25, 0.3) is 0 Å². The first-order valence-electron chi connectivity index (χ1n) is 4.62. The van der Waals surface area contributed by atoms with Gasteiger partial charge in [0.05, 0.1) is 8.07 Å². The maximum atomic E-state index is 2.39. The molecular weight excluding hydrogens is 192 g/mol. The zero-order valence-corrected chi connectivity index (χ0v) is 10.7. The van der Waals surface area contributed by atoms with Gasteiger partial charge in [-0.2, -0.15) is 11.8 Å². The van der Waals surface area contributed by atoms with E-state index in [0.29, 0.717) is 0 Å². The van der Waals surface area contributed by atoms with E-state index < -0.39 is 8.07 Å². The molecule has 0 heterocycles. The standard InChI is InChI=1S/C11H18SSi/c1-12-9-10-6-5-7-11(8-10)13(2,3)4/h5-8H,9H2,1-4H3. The molecule has 0 fully saturated rings. The van der Waals surface area contributed by atoms with E-state index in [2.05, 4.69) is 50.2 Å². The Labute approximate surface area is 86.8 Å². The summed E-state index contributed by atoms with van der Waals surface area (Å²) in [6, 6.07) is 9.07. The smallest absolute Gasteiger partial charge is 0.0776 e. The first kappa shape index (κ1) is 10.9. The van der Waals surface area contributed by atoms with Crippen LogP contribution >= 0.6 is 11.8 Å². The molecule has 0 unspecified atom stereocenters. The molecule has 1 aromatic rings. The van der Waals surface area contributed by atoms with Crippen molar-refractivity contribution in [3.8, 4) is 0 Å². The molecule has 1 rings (SSSR count). The molecule has 0 saturated heterocycles. The molecule has 0 nitrogen and oxygen atoms in total. The first-order chi connectivity index (χ1) is 6.04. The van der Waals surface area contributed by atoms with Gasteiger partial charge in [-0.3, -0.25) is 0 Å². The predicted molar refractivity (Wildman–Crippen MR) is 66.6 cm³/mol. The van der Waals surface area contributed by atoms with Crippen molar-refractivity contribution in [1.82, 2.24) is 0 Å². The van der Waals surface area contributed by atoms with Gasteiger partial charge in [0.15, 0.2) is 0 Å². The Bertz CT molecular complexity index is 276. The third-order valence-electron chi connectivity index (χ3n) is 2.10. The second-order valence-corrected chi connectivity index (χ2v) is 10.3. The fourth-order valence-corrected chi connectivity index (χ4v) is 3.02. The highest BCUT2D eigenvalue weighted by atomic mass is 32.2. The van der Waals surface area contributed by atoms with Crippen LogP contribution in [0.3, 0.4) is 0 Å². The quantitative estimate of drug-likeness (QED) is 0.691. The normalized spacial score (nSPS) is 11.7. The lowest BCUT2D eigenvalue weighted by molar-refractivity contribution is 1.43. The summed E-state index contributed by atoms with van der Waals surface area (Å²) in [5, 5.41) is 1.57. The van der Waals surface area contributed by atoms with Gasteiger partial charge < -0.3 is 0 Å². The van der Waals surface area contributed by atoms with Gasteiger partial charge in [-0.05, 0) is 11.8 Å². The molecule has 1 aromatic carbocycles. The summed E-state index contributed by atoms with van der Waals surface area (Å²) in [5.41, 5.74) is 1.47. The van der Waals surface area contributed by atoms with Crippen LogP contribution < -0.4 is 5.19 Å². The number of benzene rings is 1. The summed E-state index contributed by atoms with van der Waals surface area (Å²) in [6.45, 7) is 7.18. The fourth-order valence-electron chi connectivity index (χ4n) is 1.29. The molecule has 0 aliphatic heterocycles. The minimum Gasteiger partial charge on any atom is -0.161 e. The molecule has 0 saturated carbocycles. The van der Waals surface area contributed by atoms with Crippen LogP contribution in [-0.4, -0.2) is 14.3 Å². The van der Waals surface area contributed by atoms with Crippen LogP contribution in [0, 0.1) is 0 Å². The third-order valence-corrected chi connectivity index (χ3v) is 4.77. The van der Waals surface area contributed by atoms with Gasteiger partial charge in [-0.15, -0.1) is 0 Å². The molecule has 0 aromatic heterocycles. The van der Waals surface area contributed by atoms with E-state index in [1.54, 1.807) is 5.19 Å². The van der Waals surface area contributed by atoms with E-state index in [0.717, 1.165) is 5.75 Å². The molecule has 0 amide bonds. The fraction of sp³-hybridized carbons (Fsp3) is 0.455. The first-order valence-corrected chi connectivity index (χ1v) is 9.52. The summed E-state index contributed by atoms with van der Waals surface area (Å²) in [6.07, 6.45) is 2.15. The topological polar surface area (TPSA) is 0 Å². The van der Waals surface area contributed by atoms with Gasteiger partial charge in [0, 0.05) is 5.75 Å². The minimum atomic E-state index is -1.10. The Balaban J connectivity index is 2.92. The highest BCUT2D eigenvalue weighted by Gasteiger charge is 2.15. The SMILES string of the molecule is CSCc1cccc([Si](C)(C)C)c1. The molecule has 0 aliphatic rings. The maximum absolute atomic E-state index is 2.39. The molecule has 72 valence electrons. The highest BCUT2D eigenvalue weighted by molar-refractivity contribution is 7.97. The van der Waals surface area contributed by atoms with Crippen molar-refractivity contribution < 1.29 is 0 Å². The van der Waals surface area contributed by atoms with Crippen molar-refractivity contribution in [2.24, 2.45) is 0 Å². The van der Waals surface area contributed by atoms with Crippen molar-refractivity contribution in [3.63, 3.8) is 0 Å². The van der Waals surface area contributed by atoms with Gasteiger partial charge in [-0.1, -0.05) is 49.1 Å². The van der Waals surface area contributed by atoms with Crippen LogP contribution in [0.1, 0.15) is 5.56 Å². The summed E-state index contributed by atoms with van der Waals surface area (Å²) in [5.74, 6) is 1.14. The maximum Gasteiger partial charge on any atom is 0.0776 e. The van der Waals surface area contributed by atoms with Gasteiger partial charge in [0.25, 0.3) is 0 Å². The Morgan fingerprint density at radius 1 is 1.23 bits per heavy atom. The molecule has 0 aliphatic carbocycles. The summed E-state index contributed by atoms with van der Waals surface area (Å²) < 4.78 is 0. The Morgan fingerprint density at radius 2 is 1.92 bits per heavy atom. The average molecular weight is 210 g/mol. The monoisotopic (exact) mass is 210 g/mol. The van der Waals surface area contributed by atoms with Crippen LogP contribution in [0.5, 0.6) is 0 Å². The van der Waals surface area contributed by atoms with Crippen LogP contribution in [0.4, 0.5) is 0 Å². The number of thioether (sulfide) groups is 1. The van der Waals surface area contributed by atoms with Crippen molar-refractivity contribution in [2.75, 3.05) is 6.26 Å². The molecule has 0 radical (unpaired) electrons. The van der Waals surface area contributed by atoms with Crippen LogP contribution in [-0.2, 0) is 5.75 Å². The van der Waals surface area contributed by atoms with Crippen LogP contribution in [0.2, 0.25) is 19.6 Å². The average Bonchev–Trinajstić information content (AvgIpc) is 2.04. The molecule has 13 heavy (non-hydrogen) atoms. The Hall–Kier alpha value is -0.213. The summed E-state index contributed by atoms with van der Waals surface area (Å²) in [7, 11) is -1.10. The van der Waals surface area contributed by atoms with Gasteiger partial charge in [0.2, 0.25) is 0 Å². The Morgan fingerprint density at radius 3 is 2.46 bits per heavy atom. The van der Waals surface area contributed by atoms with E-state index in [1.807, 2.05) is 11.8 Å². The van der Waals surface area contributed by atoms with Crippen molar-refractivity contribution >= 4 is 25.0 Å². The number of rotatable bonds is 3. The van der Waals surface area contributed by atoms with Crippen molar-refractivity contribution in [3.05, 3.63) is 29.8 Å². The molecule has 0 atom stereocenters. The molecule has 0 spiro atoms. The van der Waals surface area contributed by atoms with E-state index in [-0.39, 0.29) is 0 Å². The van der Waals surface area contributed by atoms with E-state index in [1.165, 1.54) is 5.56 Å². The largest absolute Gasteiger partial charge is 0.161 e. The minimum absolute atomic E-state index is 1.10. The van der Waals surface area contributed by atoms with Crippen molar-refractivity contribution in [1.29, 1.82) is 0 Å².